The highest BCUT2D eigenvalue weighted by Gasteiger charge is 2.44. The van der Waals surface area contributed by atoms with Gasteiger partial charge >= 0.3 is 12.1 Å². The maximum absolute atomic E-state index is 12.4. The van der Waals surface area contributed by atoms with E-state index in [-0.39, 0.29) is 12.0 Å². The van der Waals surface area contributed by atoms with Gasteiger partial charge in [0, 0.05) is 37.7 Å². The van der Waals surface area contributed by atoms with E-state index in [1.807, 2.05) is 30.0 Å². The van der Waals surface area contributed by atoms with Crippen LogP contribution in [0.15, 0.2) is 18.2 Å². The first-order chi connectivity index (χ1) is 15.5. The number of ether oxygens (including phenoxy) is 2. The molecule has 0 radical (unpaired) electrons. The van der Waals surface area contributed by atoms with Gasteiger partial charge in [0.25, 0.3) is 0 Å². The summed E-state index contributed by atoms with van der Waals surface area (Å²) in [5, 5.41) is 7.12. The first-order valence-corrected chi connectivity index (χ1v) is 11.2. The van der Waals surface area contributed by atoms with Crippen molar-refractivity contribution in [3.63, 3.8) is 0 Å². The van der Waals surface area contributed by atoms with E-state index in [2.05, 4.69) is 18.8 Å². The fraction of sp³-hybridized carbons (Fsp3) is 0.696. The van der Waals surface area contributed by atoms with Gasteiger partial charge in [-0.2, -0.15) is 13.2 Å². The van der Waals surface area contributed by atoms with Crippen LogP contribution in [0.4, 0.5) is 13.2 Å². The van der Waals surface area contributed by atoms with Crippen LogP contribution in [0.5, 0.6) is 0 Å². The second kappa shape index (κ2) is 12.3. The second-order valence-corrected chi connectivity index (χ2v) is 8.94. The maximum atomic E-state index is 12.4. The summed E-state index contributed by atoms with van der Waals surface area (Å²) in [5.41, 5.74) is 2.00. The average molecular weight is 475 g/mol. The first-order valence-electron chi connectivity index (χ1n) is 11.2. The molecule has 0 spiro atoms. The number of likely N-dealkylation sites (tertiary alicyclic amines) is 1. The number of aryl methyl sites for hydroxylation is 1. The Hall–Kier alpha value is -2.20. The first kappa shape index (κ1) is 27.0. The van der Waals surface area contributed by atoms with Gasteiger partial charge in [0.15, 0.2) is 0 Å². The number of carboxylic acid groups (broad SMARTS) is 1. The van der Waals surface area contributed by atoms with E-state index >= 15 is 0 Å². The van der Waals surface area contributed by atoms with Crippen molar-refractivity contribution in [1.82, 2.24) is 9.88 Å². The molecule has 2 fully saturated rings. The third-order valence-electron chi connectivity index (χ3n) is 5.80. The number of amides is 1. The van der Waals surface area contributed by atoms with Crippen LogP contribution in [0, 0.1) is 24.7 Å². The largest absolute Gasteiger partial charge is 0.490 e. The number of pyridine rings is 1. The molecule has 0 aliphatic carbocycles. The van der Waals surface area contributed by atoms with Crippen molar-refractivity contribution in [3.05, 3.63) is 29.6 Å². The van der Waals surface area contributed by atoms with Crippen LogP contribution in [-0.4, -0.2) is 65.5 Å². The normalized spacial score (nSPS) is 22.2. The summed E-state index contributed by atoms with van der Waals surface area (Å²) >= 11 is 0. The molecule has 0 saturated carbocycles. The van der Waals surface area contributed by atoms with Crippen molar-refractivity contribution in [3.8, 4) is 0 Å². The van der Waals surface area contributed by atoms with Crippen LogP contribution in [0.1, 0.15) is 44.5 Å². The molecule has 10 heteroatoms. The summed E-state index contributed by atoms with van der Waals surface area (Å²) in [6, 6.07) is 6.01. The predicted molar refractivity (Wildman–Crippen MR) is 114 cm³/mol. The molecular formula is C23H33F3N2O5. The lowest BCUT2D eigenvalue weighted by molar-refractivity contribution is -0.192. The van der Waals surface area contributed by atoms with Crippen molar-refractivity contribution in [2.24, 2.45) is 17.8 Å². The number of rotatable bonds is 8. The minimum absolute atomic E-state index is 0.224. The fourth-order valence-corrected chi connectivity index (χ4v) is 3.96. The van der Waals surface area contributed by atoms with Crippen LogP contribution in [0.3, 0.4) is 0 Å². The number of carboxylic acids is 1. The summed E-state index contributed by atoms with van der Waals surface area (Å²) in [5.74, 6) is -0.929. The van der Waals surface area contributed by atoms with Gasteiger partial charge in [-0.05, 0) is 43.7 Å². The lowest BCUT2D eigenvalue weighted by Gasteiger charge is -2.20. The lowest BCUT2D eigenvalue weighted by atomic mass is 9.91. The molecule has 1 aromatic heterocycles. The van der Waals surface area contributed by atoms with Gasteiger partial charge in [0.2, 0.25) is 5.91 Å². The van der Waals surface area contributed by atoms with E-state index in [0.717, 1.165) is 43.9 Å². The summed E-state index contributed by atoms with van der Waals surface area (Å²) in [6.45, 7) is 10.0. The molecule has 3 heterocycles. The summed E-state index contributed by atoms with van der Waals surface area (Å²) in [4.78, 5) is 27.7. The SMILES string of the molecule is Cc1cccc(COCC[C@H]2CO[C@H]3CN(C(=O)CCC(C)C)C[C@@H]23)n1.O=C(O)C(F)(F)F. The van der Waals surface area contributed by atoms with Gasteiger partial charge in [-0.15, -0.1) is 0 Å². The predicted octanol–water partition coefficient (Wildman–Crippen LogP) is 3.84. The molecule has 33 heavy (non-hydrogen) atoms. The van der Waals surface area contributed by atoms with E-state index < -0.39 is 12.1 Å². The summed E-state index contributed by atoms with van der Waals surface area (Å²) in [7, 11) is 0. The zero-order valence-electron chi connectivity index (χ0n) is 19.3. The van der Waals surface area contributed by atoms with Crippen molar-refractivity contribution in [1.29, 1.82) is 0 Å². The molecule has 3 atom stereocenters. The number of aliphatic carboxylic acids is 1. The molecule has 2 saturated heterocycles. The molecular weight excluding hydrogens is 441 g/mol. The zero-order valence-corrected chi connectivity index (χ0v) is 19.3. The van der Waals surface area contributed by atoms with Crippen LogP contribution in [0.25, 0.3) is 0 Å². The van der Waals surface area contributed by atoms with Gasteiger partial charge in [0.1, 0.15) is 0 Å². The van der Waals surface area contributed by atoms with Crippen LogP contribution in [-0.2, 0) is 25.7 Å². The molecule has 3 rings (SSSR count). The zero-order chi connectivity index (χ0) is 24.6. The number of hydrogen-bond donors (Lipinski definition) is 1. The minimum atomic E-state index is -5.08. The van der Waals surface area contributed by atoms with Crippen LogP contribution in [0.2, 0.25) is 0 Å². The molecule has 2 aliphatic rings. The number of aromatic nitrogens is 1. The van der Waals surface area contributed by atoms with E-state index in [4.69, 9.17) is 19.4 Å². The smallest absolute Gasteiger partial charge is 0.475 e. The number of hydrogen-bond acceptors (Lipinski definition) is 5. The third-order valence-corrected chi connectivity index (χ3v) is 5.80. The number of carbonyl (C=O) groups is 2. The molecule has 7 nitrogen and oxygen atoms in total. The van der Waals surface area contributed by atoms with Gasteiger partial charge in [-0.25, -0.2) is 4.79 Å². The van der Waals surface area contributed by atoms with Crippen molar-refractivity contribution < 1.29 is 37.3 Å². The Bertz CT molecular complexity index is 788. The standard InChI is InChI=1S/C21H32N2O3.C2HF3O2/c1-15(2)7-8-21(24)23-11-19-17(13-26-20(19)12-23)9-10-25-14-18-6-4-5-16(3)22-18;3-2(4,5)1(6)7/h4-6,15,17,19-20H,7-14H2,1-3H3;(H,6,7)/t17-,19-,20-;/m0./s1. The van der Waals surface area contributed by atoms with E-state index in [1.54, 1.807) is 0 Å². The molecule has 186 valence electrons. The van der Waals surface area contributed by atoms with Crippen molar-refractivity contribution in [2.45, 2.75) is 58.9 Å². The Morgan fingerprint density at radius 1 is 1.30 bits per heavy atom. The molecule has 1 N–H and O–H groups in total. The van der Waals surface area contributed by atoms with E-state index in [1.165, 1.54) is 0 Å². The van der Waals surface area contributed by atoms with Crippen LogP contribution < -0.4 is 0 Å². The van der Waals surface area contributed by atoms with Gasteiger partial charge in [-0.1, -0.05) is 19.9 Å². The molecule has 0 aromatic carbocycles. The summed E-state index contributed by atoms with van der Waals surface area (Å²) in [6.07, 6.45) is -2.24. The fourth-order valence-electron chi connectivity index (χ4n) is 3.96. The molecule has 2 aliphatic heterocycles. The van der Waals surface area contributed by atoms with Crippen molar-refractivity contribution in [2.75, 3.05) is 26.3 Å². The maximum Gasteiger partial charge on any atom is 0.490 e. The van der Waals surface area contributed by atoms with E-state index in [9.17, 15) is 18.0 Å². The minimum Gasteiger partial charge on any atom is -0.475 e. The van der Waals surface area contributed by atoms with E-state index in [0.29, 0.717) is 37.4 Å². The Kier molecular flexibility index (Phi) is 10.1. The van der Waals surface area contributed by atoms with Gasteiger partial charge in [0.05, 0.1) is 25.0 Å². The molecule has 0 bridgehead atoms. The molecule has 1 amide bonds. The number of alkyl halides is 3. The van der Waals surface area contributed by atoms with Gasteiger partial charge in [-0.3, -0.25) is 9.78 Å². The quantitative estimate of drug-likeness (QED) is 0.576. The topological polar surface area (TPSA) is 89.0 Å². The summed E-state index contributed by atoms with van der Waals surface area (Å²) < 4.78 is 43.5. The number of nitrogens with zero attached hydrogens (tertiary/aromatic N) is 2. The highest BCUT2D eigenvalue weighted by atomic mass is 19.4. The Balaban J connectivity index is 0.000000479. The molecule has 1 aromatic rings. The number of fused-ring (bicyclic) bond motifs is 1. The van der Waals surface area contributed by atoms with Crippen LogP contribution >= 0.6 is 0 Å². The molecule has 0 unspecified atom stereocenters. The Labute approximate surface area is 192 Å². The van der Waals surface area contributed by atoms with Crippen molar-refractivity contribution >= 4 is 11.9 Å². The third kappa shape index (κ3) is 8.92. The number of halogens is 3. The highest BCUT2D eigenvalue weighted by Crippen LogP contribution is 2.35. The lowest BCUT2D eigenvalue weighted by Crippen LogP contribution is -2.31. The highest BCUT2D eigenvalue weighted by molar-refractivity contribution is 5.76. The van der Waals surface area contributed by atoms with Gasteiger partial charge < -0.3 is 19.5 Å². The second-order valence-electron chi connectivity index (χ2n) is 8.94. The number of carbonyl (C=O) groups excluding carboxylic acids is 1. The Morgan fingerprint density at radius 2 is 2.00 bits per heavy atom. The average Bonchev–Trinajstić information content (AvgIpc) is 3.31. The monoisotopic (exact) mass is 474 g/mol. The Morgan fingerprint density at radius 3 is 2.61 bits per heavy atom.